The number of hydrogen-bond donors (Lipinski definition) is 0. The minimum atomic E-state index is -0.439. The van der Waals surface area contributed by atoms with E-state index in [0.717, 1.165) is 3.79 Å². The molecule has 19 heavy (non-hydrogen) atoms. The van der Waals surface area contributed by atoms with Crippen LogP contribution in [0.2, 0.25) is 0 Å². The summed E-state index contributed by atoms with van der Waals surface area (Å²) in [5, 5.41) is 0.655. The number of thiazole rings is 1. The summed E-state index contributed by atoms with van der Waals surface area (Å²) in [6.45, 7) is 7.55. The fraction of sp³-hybridized carbons (Fsp3) is 0.667. The Hall–Kier alpha value is -0.820. The van der Waals surface area contributed by atoms with Crippen LogP contribution in [0.3, 0.4) is 0 Å². The Balaban J connectivity index is 1.67. The molecule has 1 aromatic heterocycles. The molecule has 0 aromatic carbocycles. The van der Waals surface area contributed by atoms with Crippen molar-refractivity contribution in [1.29, 1.82) is 0 Å². The molecule has 106 valence electrons. The Morgan fingerprint density at radius 2 is 2.26 bits per heavy atom. The molecule has 1 fully saturated rings. The second kappa shape index (κ2) is 5.66. The number of aromatic nitrogens is 1. The minimum absolute atomic E-state index is 0.249. The highest BCUT2D eigenvalue weighted by Crippen LogP contribution is 2.26. The first-order chi connectivity index (χ1) is 8.83. The number of carbonyl (C=O) groups excluding carboxylic acids is 1. The fourth-order valence-corrected chi connectivity index (χ4v) is 2.67. The zero-order valence-corrected chi connectivity index (χ0v) is 13.6. The zero-order chi connectivity index (χ0) is 14.0. The highest BCUT2D eigenvalue weighted by molar-refractivity contribution is 9.11. The van der Waals surface area contributed by atoms with Crippen LogP contribution in [0.4, 0.5) is 4.79 Å². The normalized spacial score (nSPS) is 16.1. The van der Waals surface area contributed by atoms with Gasteiger partial charge in [-0.1, -0.05) is 11.3 Å². The van der Waals surface area contributed by atoms with Crippen molar-refractivity contribution in [2.24, 2.45) is 5.92 Å². The average Bonchev–Trinajstić information content (AvgIpc) is 2.59. The summed E-state index contributed by atoms with van der Waals surface area (Å²) in [6.07, 6.45) is 1.47. The summed E-state index contributed by atoms with van der Waals surface area (Å²) in [4.78, 5) is 17.5. The SMILES string of the molecule is CC(C)(C)OC(=O)N1CC(COc2ncc(Br)s2)C1. The number of ether oxygens (including phenoxy) is 2. The van der Waals surface area contributed by atoms with Gasteiger partial charge in [-0.25, -0.2) is 9.78 Å². The molecule has 0 spiro atoms. The van der Waals surface area contributed by atoms with E-state index in [1.54, 1.807) is 11.1 Å². The van der Waals surface area contributed by atoms with Crippen molar-refractivity contribution in [3.05, 3.63) is 9.98 Å². The van der Waals surface area contributed by atoms with E-state index in [1.807, 2.05) is 20.8 Å². The maximum Gasteiger partial charge on any atom is 0.410 e. The van der Waals surface area contributed by atoms with Crippen molar-refractivity contribution in [1.82, 2.24) is 9.88 Å². The van der Waals surface area contributed by atoms with Gasteiger partial charge in [0.1, 0.15) is 5.60 Å². The molecule has 2 heterocycles. The predicted octanol–water partition coefficient (Wildman–Crippen LogP) is 3.15. The first-order valence-electron chi connectivity index (χ1n) is 6.05. The summed E-state index contributed by atoms with van der Waals surface area (Å²) in [5.41, 5.74) is -0.439. The Morgan fingerprint density at radius 1 is 1.58 bits per heavy atom. The minimum Gasteiger partial charge on any atom is -0.470 e. The van der Waals surface area contributed by atoms with Crippen LogP contribution in [0.25, 0.3) is 0 Å². The van der Waals surface area contributed by atoms with Gasteiger partial charge in [0.05, 0.1) is 16.6 Å². The van der Waals surface area contributed by atoms with Gasteiger partial charge >= 0.3 is 6.09 Å². The van der Waals surface area contributed by atoms with E-state index in [1.165, 1.54) is 11.3 Å². The van der Waals surface area contributed by atoms with E-state index >= 15 is 0 Å². The van der Waals surface area contributed by atoms with E-state index in [9.17, 15) is 4.79 Å². The number of carbonyl (C=O) groups is 1. The largest absolute Gasteiger partial charge is 0.470 e. The van der Waals surface area contributed by atoms with Crippen LogP contribution < -0.4 is 4.74 Å². The van der Waals surface area contributed by atoms with E-state index in [4.69, 9.17) is 9.47 Å². The first-order valence-corrected chi connectivity index (χ1v) is 7.66. The smallest absolute Gasteiger partial charge is 0.410 e. The fourth-order valence-electron chi connectivity index (χ4n) is 1.65. The van der Waals surface area contributed by atoms with E-state index < -0.39 is 5.60 Å². The third-order valence-corrected chi connectivity index (χ3v) is 3.90. The van der Waals surface area contributed by atoms with Crippen molar-refractivity contribution in [2.45, 2.75) is 26.4 Å². The van der Waals surface area contributed by atoms with Crippen LogP contribution in [0.1, 0.15) is 20.8 Å². The van der Waals surface area contributed by atoms with Gasteiger partial charge in [-0.2, -0.15) is 0 Å². The molecule has 1 aliphatic rings. The standard InChI is InChI=1S/C12H17BrN2O3S/c1-12(2,3)18-11(16)15-5-8(6-15)7-17-10-14-4-9(13)19-10/h4,8H,5-7H2,1-3H3. The van der Waals surface area contributed by atoms with Crippen molar-refractivity contribution in [2.75, 3.05) is 19.7 Å². The number of likely N-dealkylation sites (tertiary alicyclic amines) is 1. The molecule has 0 radical (unpaired) electrons. The van der Waals surface area contributed by atoms with E-state index in [-0.39, 0.29) is 6.09 Å². The molecule has 0 N–H and O–H groups in total. The Morgan fingerprint density at radius 3 is 2.79 bits per heavy atom. The summed E-state index contributed by atoms with van der Waals surface area (Å²) in [7, 11) is 0. The number of hydrogen-bond acceptors (Lipinski definition) is 5. The number of halogens is 1. The summed E-state index contributed by atoms with van der Waals surface area (Å²) in [5.74, 6) is 0.357. The molecular formula is C12H17BrN2O3S. The third-order valence-electron chi connectivity index (χ3n) is 2.51. The van der Waals surface area contributed by atoms with Gasteiger partial charge in [-0.15, -0.1) is 0 Å². The maximum atomic E-state index is 11.7. The molecule has 0 bridgehead atoms. The average molecular weight is 349 g/mol. The van der Waals surface area contributed by atoms with Gasteiger partial charge in [0.25, 0.3) is 5.19 Å². The van der Waals surface area contributed by atoms with Crippen molar-refractivity contribution < 1.29 is 14.3 Å². The lowest BCUT2D eigenvalue weighted by Gasteiger charge is -2.39. The molecule has 2 rings (SSSR count). The van der Waals surface area contributed by atoms with Gasteiger partial charge < -0.3 is 14.4 Å². The first kappa shape index (κ1) is 14.6. The molecule has 0 aliphatic carbocycles. The Labute approximate surface area is 125 Å². The van der Waals surface area contributed by atoms with Crippen LogP contribution >= 0.6 is 27.3 Å². The van der Waals surface area contributed by atoms with Crippen LogP contribution in [0.5, 0.6) is 5.19 Å². The van der Waals surface area contributed by atoms with Crippen LogP contribution in [0, 0.1) is 5.92 Å². The van der Waals surface area contributed by atoms with Crippen LogP contribution in [-0.2, 0) is 4.74 Å². The monoisotopic (exact) mass is 348 g/mol. The Bertz CT molecular complexity index is 452. The molecule has 0 atom stereocenters. The maximum absolute atomic E-state index is 11.7. The molecular weight excluding hydrogens is 332 g/mol. The third kappa shape index (κ3) is 4.35. The lowest BCUT2D eigenvalue weighted by Crippen LogP contribution is -2.53. The second-order valence-corrected chi connectivity index (χ2v) is 7.87. The molecule has 1 aliphatic heterocycles. The highest BCUT2D eigenvalue weighted by atomic mass is 79.9. The molecule has 1 amide bonds. The molecule has 1 saturated heterocycles. The molecule has 7 heteroatoms. The van der Waals surface area contributed by atoms with Gasteiger partial charge in [0.2, 0.25) is 0 Å². The Kier molecular flexibility index (Phi) is 4.35. The quantitative estimate of drug-likeness (QED) is 0.841. The summed E-state index contributed by atoms with van der Waals surface area (Å²) >= 11 is 4.79. The van der Waals surface area contributed by atoms with Crippen molar-refractivity contribution in [3.8, 4) is 5.19 Å². The van der Waals surface area contributed by atoms with Crippen LogP contribution in [-0.4, -0.2) is 41.3 Å². The number of rotatable bonds is 3. The van der Waals surface area contributed by atoms with Crippen molar-refractivity contribution >= 4 is 33.4 Å². The zero-order valence-electron chi connectivity index (χ0n) is 11.2. The lowest BCUT2D eigenvalue weighted by atomic mass is 10.0. The summed E-state index contributed by atoms with van der Waals surface area (Å²) in [6, 6.07) is 0. The molecule has 5 nitrogen and oxygen atoms in total. The molecule has 0 saturated carbocycles. The number of nitrogens with zero attached hydrogens (tertiary/aromatic N) is 2. The second-order valence-electron chi connectivity index (χ2n) is 5.49. The van der Waals surface area contributed by atoms with Crippen molar-refractivity contribution in [3.63, 3.8) is 0 Å². The van der Waals surface area contributed by atoms with E-state index in [2.05, 4.69) is 20.9 Å². The van der Waals surface area contributed by atoms with Gasteiger partial charge in [-0.05, 0) is 36.7 Å². The molecule has 1 aromatic rings. The van der Waals surface area contributed by atoms with Gasteiger partial charge in [0, 0.05) is 19.0 Å². The van der Waals surface area contributed by atoms with Crippen LogP contribution in [0.15, 0.2) is 9.98 Å². The van der Waals surface area contributed by atoms with Gasteiger partial charge in [0.15, 0.2) is 0 Å². The van der Waals surface area contributed by atoms with E-state index in [0.29, 0.717) is 30.8 Å². The lowest BCUT2D eigenvalue weighted by molar-refractivity contribution is -0.00782. The highest BCUT2D eigenvalue weighted by Gasteiger charge is 2.34. The topological polar surface area (TPSA) is 51.7 Å². The van der Waals surface area contributed by atoms with Gasteiger partial charge in [-0.3, -0.25) is 0 Å². The number of amides is 1. The predicted molar refractivity (Wildman–Crippen MR) is 76.6 cm³/mol. The molecule has 0 unspecified atom stereocenters. The summed E-state index contributed by atoms with van der Waals surface area (Å²) < 4.78 is 11.8.